The second-order valence-electron chi connectivity index (χ2n) is 5.59. The Hall–Kier alpha value is -1.93. The second-order valence-corrected chi connectivity index (χ2v) is 6.42. The first-order valence-electron chi connectivity index (χ1n) is 7.76. The van der Waals surface area contributed by atoms with Crippen LogP contribution in [0, 0.1) is 5.92 Å². The Morgan fingerprint density at radius 3 is 2.91 bits per heavy atom. The first-order chi connectivity index (χ1) is 11.2. The SMILES string of the molecule is O=C(C[C@@H]1C=CCC1)NNC(=O)c1csc(N2CCOCC2)n1. The van der Waals surface area contributed by atoms with E-state index in [2.05, 4.69) is 32.9 Å². The molecule has 2 aliphatic rings. The number of aromatic nitrogens is 1. The van der Waals surface area contributed by atoms with Gasteiger partial charge in [-0.25, -0.2) is 4.98 Å². The quantitative estimate of drug-likeness (QED) is 0.635. The Balaban J connectivity index is 1.47. The van der Waals surface area contributed by atoms with E-state index < -0.39 is 5.91 Å². The topological polar surface area (TPSA) is 83.6 Å². The first-order valence-corrected chi connectivity index (χ1v) is 8.64. The normalized spacial score (nSPS) is 20.5. The average Bonchev–Trinajstić information content (AvgIpc) is 3.25. The maximum Gasteiger partial charge on any atom is 0.289 e. The number of morpholine rings is 1. The van der Waals surface area contributed by atoms with E-state index in [1.54, 1.807) is 5.38 Å². The second kappa shape index (κ2) is 7.56. The Morgan fingerprint density at radius 1 is 1.35 bits per heavy atom. The molecule has 1 fully saturated rings. The minimum atomic E-state index is -0.393. The van der Waals surface area contributed by atoms with Crippen molar-refractivity contribution in [2.75, 3.05) is 31.2 Å². The van der Waals surface area contributed by atoms with Gasteiger partial charge < -0.3 is 9.64 Å². The Morgan fingerprint density at radius 2 is 2.17 bits per heavy atom. The van der Waals surface area contributed by atoms with Gasteiger partial charge >= 0.3 is 0 Å². The predicted molar refractivity (Wildman–Crippen MR) is 87.2 cm³/mol. The van der Waals surface area contributed by atoms with Gasteiger partial charge in [0.25, 0.3) is 5.91 Å². The number of rotatable bonds is 4. The number of ether oxygens (including phenoxy) is 1. The van der Waals surface area contributed by atoms with E-state index >= 15 is 0 Å². The summed E-state index contributed by atoms with van der Waals surface area (Å²) in [6.45, 7) is 2.90. The zero-order valence-corrected chi connectivity index (χ0v) is 13.6. The van der Waals surface area contributed by atoms with Crippen molar-refractivity contribution < 1.29 is 14.3 Å². The summed E-state index contributed by atoms with van der Waals surface area (Å²) in [5, 5.41) is 2.51. The van der Waals surface area contributed by atoms with Crippen molar-refractivity contribution >= 4 is 28.3 Å². The number of hydrazine groups is 1. The van der Waals surface area contributed by atoms with Crippen LogP contribution in [0.2, 0.25) is 0 Å². The molecule has 2 amide bonds. The number of amides is 2. The smallest absolute Gasteiger partial charge is 0.289 e. The van der Waals surface area contributed by atoms with Crippen LogP contribution in [0.3, 0.4) is 0 Å². The largest absolute Gasteiger partial charge is 0.378 e. The van der Waals surface area contributed by atoms with Crippen molar-refractivity contribution in [1.29, 1.82) is 0 Å². The highest BCUT2D eigenvalue weighted by Gasteiger charge is 2.18. The Labute approximate surface area is 138 Å². The number of nitrogens with one attached hydrogen (secondary N) is 2. The molecule has 1 atom stereocenters. The van der Waals surface area contributed by atoms with Crippen molar-refractivity contribution in [2.24, 2.45) is 5.92 Å². The molecule has 8 heteroatoms. The molecular formula is C15H20N4O3S. The monoisotopic (exact) mass is 336 g/mol. The summed E-state index contributed by atoms with van der Waals surface area (Å²) >= 11 is 1.42. The predicted octanol–water partition coefficient (Wildman–Crippen LogP) is 1.10. The molecule has 7 nitrogen and oxygen atoms in total. The molecule has 1 aliphatic carbocycles. The summed E-state index contributed by atoms with van der Waals surface area (Å²) in [7, 11) is 0. The van der Waals surface area contributed by atoms with Crippen LogP contribution < -0.4 is 15.8 Å². The molecule has 124 valence electrons. The number of nitrogens with zero attached hydrogens (tertiary/aromatic N) is 2. The highest BCUT2D eigenvalue weighted by Crippen LogP contribution is 2.21. The van der Waals surface area contributed by atoms with Crippen molar-refractivity contribution in [3.63, 3.8) is 0 Å². The van der Waals surface area contributed by atoms with Crippen LogP contribution >= 0.6 is 11.3 Å². The van der Waals surface area contributed by atoms with E-state index in [0.717, 1.165) is 31.1 Å². The molecule has 0 spiro atoms. The van der Waals surface area contributed by atoms with E-state index in [9.17, 15) is 9.59 Å². The van der Waals surface area contributed by atoms with Gasteiger partial charge in [-0.3, -0.25) is 20.4 Å². The number of anilines is 1. The number of hydrogen-bond donors (Lipinski definition) is 2. The number of carbonyl (C=O) groups is 2. The molecule has 0 saturated carbocycles. The van der Waals surface area contributed by atoms with Gasteiger partial charge in [-0.15, -0.1) is 11.3 Å². The maximum atomic E-state index is 12.0. The van der Waals surface area contributed by atoms with Gasteiger partial charge in [-0.2, -0.15) is 0 Å². The van der Waals surface area contributed by atoms with Crippen LogP contribution in [-0.4, -0.2) is 43.1 Å². The van der Waals surface area contributed by atoms with E-state index in [1.165, 1.54) is 11.3 Å². The van der Waals surface area contributed by atoms with Gasteiger partial charge in [0.05, 0.1) is 13.2 Å². The fraction of sp³-hybridized carbons (Fsp3) is 0.533. The number of hydrogen-bond acceptors (Lipinski definition) is 6. The Kier molecular flexibility index (Phi) is 5.24. The van der Waals surface area contributed by atoms with E-state index in [4.69, 9.17) is 4.74 Å². The van der Waals surface area contributed by atoms with Gasteiger partial charge in [0.2, 0.25) is 5.91 Å². The van der Waals surface area contributed by atoms with Crippen molar-refractivity contribution in [3.8, 4) is 0 Å². The minimum absolute atomic E-state index is 0.182. The molecule has 2 N–H and O–H groups in total. The molecule has 1 aromatic rings. The lowest BCUT2D eigenvalue weighted by Gasteiger charge is -2.25. The first kappa shape index (κ1) is 15.9. The van der Waals surface area contributed by atoms with E-state index in [1.807, 2.05) is 0 Å². The third-order valence-corrected chi connectivity index (χ3v) is 4.78. The van der Waals surface area contributed by atoms with Crippen LogP contribution in [-0.2, 0) is 9.53 Å². The summed E-state index contributed by atoms with van der Waals surface area (Å²) in [6.07, 6.45) is 6.55. The van der Waals surface area contributed by atoms with Crippen molar-refractivity contribution in [3.05, 3.63) is 23.2 Å². The summed E-state index contributed by atoms with van der Waals surface area (Å²) in [5.74, 6) is -0.297. The van der Waals surface area contributed by atoms with Gasteiger partial charge in [-0.1, -0.05) is 12.2 Å². The molecule has 0 bridgehead atoms. The highest BCUT2D eigenvalue weighted by atomic mass is 32.1. The van der Waals surface area contributed by atoms with Crippen LogP contribution in [0.15, 0.2) is 17.5 Å². The van der Waals surface area contributed by atoms with Crippen LogP contribution in [0.5, 0.6) is 0 Å². The molecule has 1 saturated heterocycles. The van der Waals surface area contributed by atoms with Gasteiger partial charge in [0.15, 0.2) is 5.13 Å². The summed E-state index contributed by atoms with van der Waals surface area (Å²) in [4.78, 5) is 30.3. The summed E-state index contributed by atoms with van der Waals surface area (Å²) in [6, 6.07) is 0. The maximum absolute atomic E-state index is 12.0. The van der Waals surface area contributed by atoms with Crippen LogP contribution in [0.1, 0.15) is 29.8 Å². The highest BCUT2D eigenvalue weighted by molar-refractivity contribution is 7.13. The molecule has 3 rings (SSSR count). The lowest BCUT2D eigenvalue weighted by molar-refractivity contribution is -0.122. The van der Waals surface area contributed by atoms with Crippen molar-refractivity contribution in [2.45, 2.75) is 19.3 Å². The molecule has 1 aromatic heterocycles. The van der Waals surface area contributed by atoms with E-state index in [-0.39, 0.29) is 11.8 Å². The standard InChI is InChI=1S/C15H20N4O3S/c20-13(9-11-3-1-2-4-11)17-18-14(21)12-10-23-15(16-12)19-5-7-22-8-6-19/h1,3,10-11H,2,4-9H2,(H,17,20)(H,18,21)/t11-/m1/s1. The number of carbonyl (C=O) groups excluding carboxylic acids is 2. The number of thiazole rings is 1. The third kappa shape index (κ3) is 4.29. The van der Waals surface area contributed by atoms with Gasteiger partial charge in [0, 0.05) is 24.9 Å². The van der Waals surface area contributed by atoms with Gasteiger partial charge in [-0.05, 0) is 18.8 Å². The molecule has 1 aliphatic heterocycles. The fourth-order valence-electron chi connectivity index (χ4n) is 2.61. The fourth-order valence-corrected chi connectivity index (χ4v) is 3.47. The zero-order valence-electron chi connectivity index (χ0n) is 12.8. The molecule has 0 unspecified atom stereocenters. The summed E-state index contributed by atoms with van der Waals surface area (Å²) < 4.78 is 5.30. The molecule has 23 heavy (non-hydrogen) atoms. The minimum Gasteiger partial charge on any atom is -0.378 e. The molecule has 0 aromatic carbocycles. The van der Waals surface area contributed by atoms with E-state index in [0.29, 0.717) is 25.3 Å². The lowest BCUT2D eigenvalue weighted by atomic mass is 10.1. The molecule has 2 heterocycles. The summed E-state index contributed by atoms with van der Waals surface area (Å²) in [5.41, 5.74) is 5.20. The van der Waals surface area contributed by atoms with Gasteiger partial charge in [0.1, 0.15) is 5.69 Å². The lowest BCUT2D eigenvalue weighted by Crippen LogP contribution is -2.42. The van der Waals surface area contributed by atoms with Crippen molar-refractivity contribution in [1.82, 2.24) is 15.8 Å². The Bertz CT molecular complexity index is 595. The molecular weight excluding hydrogens is 316 g/mol. The zero-order chi connectivity index (χ0) is 16.1. The number of allylic oxidation sites excluding steroid dienone is 2. The third-order valence-electron chi connectivity index (χ3n) is 3.88. The van der Waals surface area contributed by atoms with Crippen LogP contribution in [0.4, 0.5) is 5.13 Å². The van der Waals surface area contributed by atoms with Crippen LogP contribution in [0.25, 0.3) is 0 Å². The average molecular weight is 336 g/mol. The molecule has 0 radical (unpaired) electrons.